The van der Waals surface area contributed by atoms with E-state index in [0.29, 0.717) is 6.42 Å². The Balaban J connectivity index is 0.000000495. The van der Waals surface area contributed by atoms with Crippen LogP contribution in [0, 0.1) is 0 Å². The summed E-state index contributed by atoms with van der Waals surface area (Å²) in [6, 6.07) is 19.9. The van der Waals surface area contributed by atoms with Crippen LogP contribution in [0.1, 0.15) is 230 Å². The quantitative estimate of drug-likeness (QED) is 0.0380. The summed E-state index contributed by atoms with van der Waals surface area (Å²) in [4.78, 5) is 0.0299. The van der Waals surface area contributed by atoms with Gasteiger partial charge in [0.15, 0.2) is 0 Å². The van der Waals surface area contributed by atoms with Crippen LogP contribution in [0.25, 0.3) is 0 Å². The van der Waals surface area contributed by atoms with Crippen LogP contribution in [0.4, 0.5) is 0 Å². The molecule has 0 aromatic heterocycles. The van der Waals surface area contributed by atoms with Crippen molar-refractivity contribution in [1.29, 1.82) is 0 Å². The summed E-state index contributed by atoms with van der Waals surface area (Å²) in [5, 5.41) is 0. The Bertz CT molecular complexity index is 1960. The van der Waals surface area contributed by atoms with Crippen molar-refractivity contribution in [3.63, 3.8) is 0 Å². The van der Waals surface area contributed by atoms with Crippen LogP contribution < -0.4 is 0 Å². The zero-order chi connectivity index (χ0) is 48.8. The van der Waals surface area contributed by atoms with Crippen molar-refractivity contribution in [1.82, 2.24) is 0 Å². The van der Waals surface area contributed by atoms with Gasteiger partial charge in [0.1, 0.15) is 0 Å². The van der Waals surface area contributed by atoms with Gasteiger partial charge in [-0.25, -0.2) is 0 Å². The molecule has 0 aliphatic carbocycles. The summed E-state index contributed by atoms with van der Waals surface area (Å²) in [6.07, 6.45) is 41.2. The third-order valence-electron chi connectivity index (χ3n) is 12.1. The number of aryl methyl sites for hydroxylation is 3. The number of hydrogen-bond acceptors (Lipinski definition) is 6. The van der Waals surface area contributed by atoms with Gasteiger partial charge in [-0.15, -0.1) is 0 Å². The van der Waals surface area contributed by atoms with Crippen molar-refractivity contribution in [3.8, 4) is 0 Å². The van der Waals surface area contributed by atoms with Crippen LogP contribution in [-0.4, -0.2) is 38.9 Å². The van der Waals surface area contributed by atoms with Gasteiger partial charge in [-0.2, -0.15) is 25.3 Å². The van der Waals surface area contributed by atoms with Gasteiger partial charge in [-0.3, -0.25) is 13.7 Å². The smallest absolute Gasteiger partial charge is 0.282 e. The fourth-order valence-corrected chi connectivity index (χ4v) is 9.87. The van der Waals surface area contributed by atoms with Crippen molar-refractivity contribution >= 4 is 30.4 Å². The molecular formula is C54H90O9S3. The number of benzene rings is 3. The van der Waals surface area contributed by atoms with Crippen molar-refractivity contribution in [2.75, 3.05) is 0 Å². The number of hydrogen-bond donors (Lipinski definition) is 3. The lowest BCUT2D eigenvalue weighted by molar-refractivity contribution is 0.479. The summed E-state index contributed by atoms with van der Waals surface area (Å²) < 4.78 is 93.8. The van der Waals surface area contributed by atoms with E-state index >= 15 is 0 Å². The average molecular weight is 980 g/mol. The van der Waals surface area contributed by atoms with Crippen LogP contribution in [0.3, 0.4) is 0 Å². The average Bonchev–Trinajstić information content (AvgIpc) is 3.28. The molecule has 378 valence electrons. The van der Waals surface area contributed by atoms with Gasteiger partial charge in [0.2, 0.25) is 0 Å². The van der Waals surface area contributed by atoms with Crippen LogP contribution in [0.5, 0.6) is 0 Å². The van der Waals surface area contributed by atoms with Crippen LogP contribution in [-0.2, 0) is 49.6 Å². The molecule has 0 bridgehead atoms. The van der Waals surface area contributed by atoms with E-state index in [1.54, 1.807) is 36.4 Å². The van der Waals surface area contributed by atoms with Crippen LogP contribution >= 0.6 is 0 Å². The first-order valence-electron chi connectivity index (χ1n) is 25.8. The highest BCUT2D eigenvalue weighted by Crippen LogP contribution is 2.20. The molecule has 3 N–H and O–H groups in total. The lowest BCUT2D eigenvalue weighted by Crippen LogP contribution is -2.03. The minimum absolute atomic E-state index is 0.00270. The van der Waals surface area contributed by atoms with Crippen molar-refractivity contribution in [3.05, 3.63) is 89.5 Å². The molecule has 12 heteroatoms. The van der Waals surface area contributed by atoms with Crippen molar-refractivity contribution < 1.29 is 38.9 Å². The molecule has 0 heterocycles. The second kappa shape index (κ2) is 38.3. The van der Waals surface area contributed by atoms with Gasteiger partial charge >= 0.3 is 0 Å². The fourth-order valence-electron chi connectivity index (χ4n) is 8.09. The van der Waals surface area contributed by atoms with Gasteiger partial charge in [0.25, 0.3) is 30.4 Å². The topological polar surface area (TPSA) is 163 Å². The predicted molar refractivity (Wildman–Crippen MR) is 275 cm³/mol. The SMILES string of the molecule is CCCCCCCCCCCCc1ccc(S(=O)(=O)O)cc1.CCCCCCCCCCCCc1cccc(S(=O)(=O)O)c1.CCCCCCCCCCCCc1ccccc1S(=O)(=O)O. The van der Waals surface area contributed by atoms with E-state index < -0.39 is 30.4 Å². The maximum atomic E-state index is 11.3. The van der Waals surface area contributed by atoms with E-state index in [0.717, 1.165) is 55.2 Å². The Hall–Kier alpha value is -2.61. The molecule has 0 aliphatic rings. The molecule has 66 heavy (non-hydrogen) atoms. The number of rotatable bonds is 36. The Morgan fingerprint density at radius 3 is 1.05 bits per heavy atom. The summed E-state index contributed by atoms with van der Waals surface area (Å²) in [6.45, 7) is 6.72. The first-order valence-corrected chi connectivity index (χ1v) is 30.1. The van der Waals surface area contributed by atoms with Crippen molar-refractivity contribution in [2.45, 2.75) is 247 Å². The molecule has 3 aromatic rings. The monoisotopic (exact) mass is 979 g/mol. The molecule has 9 nitrogen and oxygen atoms in total. The molecular weight excluding hydrogens is 889 g/mol. The molecule has 0 unspecified atom stereocenters. The summed E-state index contributed by atoms with van der Waals surface area (Å²) in [5.41, 5.74) is 2.84. The molecule has 0 atom stereocenters. The Morgan fingerprint density at radius 1 is 0.318 bits per heavy atom. The van der Waals surface area contributed by atoms with Gasteiger partial charge in [0, 0.05) is 0 Å². The minimum Gasteiger partial charge on any atom is -0.282 e. The van der Waals surface area contributed by atoms with E-state index in [9.17, 15) is 29.8 Å². The normalized spacial score (nSPS) is 11.7. The van der Waals surface area contributed by atoms with Gasteiger partial charge < -0.3 is 0 Å². The maximum absolute atomic E-state index is 11.3. The largest absolute Gasteiger partial charge is 0.294 e. The van der Waals surface area contributed by atoms with E-state index in [2.05, 4.69) is 20.8 Å². The molecule has 0 saturated carbocycles. The first-order chi connectivity index (χ1) is 31.6. The second-order valence-electron chi connectivity index (χ2n) is 18.1. The zero-order valence-corrected chi connectivity index (χ0v) is 43.7. The van der Waals surface area contributed by atoms with E-state index in [1.807, 2.05) is 12.1 Å². The van der Waals surface area contributed by atoms with Gasteiger partial charge in [-0.05, 0) is 85.5 Å². The first kappa shape index (κ1) is 61.4. The highest BCUT2D eigenvalue weighted by molar-refractivity contribution is 7.86. The van der Waals surface area contributed by atoms with E-state index in [-0.39, 0.29) is 14.7 Å². The van der Waals surface area contributed by atoms with E-state index in [1.165, 1.54) is 191 Å². The molecule has 3 aromatic carbocycles. The maximum Gasteiger partial charge on any atom is 0.294 e. The van der Waals surface area contributed by atoms with E-state index in [4.69, 9.17) is 9.11 Å². The number of unbranched alkanes of at least 4 members (excludes halogenated alkanes) is 27. The van der Waals surface area contributed by atoms with Crippen LogP contribution in [0.15, 0.2) is 87.5 Å². The predicted octanol–water partition coefficient (Wildman–Crippen LogP) is 16.2. The molecule has 3 rings (SSSR count). The minimum atomic E-state index is -4.10. The molecule has 0 saturated heterocycles. The lowest BCUT2D eigenvalue weighted by Gasteiger charge is -2.07. The standard InChI is InChI=1S/3C18H30O3S/c1-2-3-4-5-6-7-8-9-10-11-14-17-15-12-13-16-18(17)22(19,20)21;1-2-3-4-5-6-7-8-9-10-11-13-17-14-12-15-18(16-17)22(19,20)21;1-2-3-4-5-6-7-8-9-10-11-12-17-13-15-18(16-14-17)22(19,20)21/h12-13,15-16H,2-11,14H2,1H3,(H,19,20,21);12,14-16H,2-11,13H2,1H3,(H,19,20,21);13-16H,2-12H2,1H3,(H,19,20,21). The Morgan fingerprint density at radius 2 is 0.667 bits per heavy atom. The summed E-state index contributed by atoms with van der Waals surface area (Å²) in [7, 11) is -12.2. The Labute approximate surface area is 404 Å². The van der Waals surface area contributed by atoms with Gasteiger partial charge in [0.05, 0.1) is 14.7 Å². The third-order valence-corrected chi connectivity index (χ3v) is 14.8. The highest BCUT2D eigenvalue weighted by Gasteiger charge is 2.14. The summed E-state index contributed by atoms with van der Waals surface area (Å²) in [5.74, 6) is 0. The third kappa shape index (κ3) is 33.0. The van der Waals surface area contributed by atoms with Crippen molar-refractivity contribution in [2.24, 2.45) is 0 Å². The molecule has 0 aliphatic heterocycles. The molecule has 0 radical (unpaired) electrons. The molecule has 0 amide bonds. The Kier molecular flexibility index (Phi) is 35.6. The lowest BCUT2D eigenvalue weighted by atomic mass is 10.0. The summed E-state index contributed by atoms with van der Waals surface area (Å²) >= 11 is 0. The molecule has 0 fully saturated rings. The molecule has 0 spiro atoms. The highest BCUT2D eigenvalue weighted by atomic mass is 32.2. The van der Waals surface area contributed by atoms with Crippen LogP contribution in [0.2, 0.25) is 0 Å². The second-order valence-corrected chi connectivity index (χ2v) is 22.4. The fraction of sp³-hybridized carbons (Fsp3) is 0.667. The van der Waals surface area contributed by atoms with Gasteiger partial charge in [-0.1, -0.05) is 237 Å². The zero-order valence-electron chi connectivity index (χ0n) is 41.3.